The quantitative estimate of drug-likeness (QED) is 0.478. The van der Waals surface area contributed by atoms with E-state index in [4.69, 9.17) is 0 Å². The summed E-state index contributed by atoms with van der Waals surface area (Å²) in [7, 11) is 1.83. The Hall–Kier alpha value is -0.590. The van der Waals surface area contributed by atoms with E-state index in [-0.39, 0.29) is 0 Å². The maximum atomic E-state index is 4.07. The van der Waals surface area contributed by atoms with Gasteiger partial charge in [-0.15, -0.1) is 0 Å². The first-order valence-corrected chi connectivity index (χ1v) is 2.97. The van der Waals surface area contributed by atoms with Crippen LogP contribution in [0.25, 0.3) is 0 Å². The third-order valence-electron chi connectivity index (χ3n) is 1.46. The van der Waals surface area contributed by atoms with Crippen LogP contribution in [0.4, 0.5) is 0 Å². The smallest absolute Gasteiger partial charge is 0.0369 e. The van der Waals surface area contributed by atoms with Gasteiger partial charge in [0.05, 0.1) is 0 Å². The third-order valence-corrected chi connectivity index (χ3v) is 1.46. The Morgan fingerprint density at radius 3 is 2.50 bits per heavy atom. The van der Waals surface area contributed by atoms with E-state index < -0.39 is 0 Å². The van der Waals surface area contributed by atoms with Gasteiger partial charge >= 0.3 is 0 Å². The van der Waals surface area contributed by atoms with Crippen molar-refractivity contribution in [2.75, 3.05) is 7.05 Å². The van der Waals surface area contributed by atoms with Crippen molar-refractivity contribution in [3.8, 4) is 0 Å². The molecule has 0 aromatic carbocycles. The van der Waals surface area contributed by atoms with Crippen molar-refractivity contribution >= 4 is 5.71 Å². The van der Waals surface area contributed by atoms with Crippen LogP contribution in [0.15, 0.2) is 17.6 Å². The van der Waals surface area contributed by atoms with E-state index in [2.05, 4.69) is 11.6 Å². The zero-order chi connectivity index (χ0) is 5.98. The Kier molecular flexibility index (Phi) is 1.47. The van der Waals surface area contributed by atoms with Crippen molar-refractivity contribution in [2.45, 2.75) is 12.8 Å². The molecule has 1 aliphatic carbocycles. The monoisotopic (exact) mass is 109 g/mol. The molecule has 0 N–H and O–H groups in total. The highest BCUT2D eigenvalue weighted by Gasteiger charge is 2.24. The minimum Gasteiger partial charge on any atom is -0.293 e. The van der Waals surface area contributed by atoms with Crippen LogP contribution in [0.3, 0.4) is 0 Å². The van der Waals surface area contributed by atoms with E-state index in [1.165, 1.54) is 18.6 Å². The van der Waals surface area contributed by atoms with E-state index in [9.17, 15) is 0 Å². The maximum absolute atomic E-state index is 4.07. The largest absolute Gasteiger partial charge is 0.293 e. The van der Waals surface area contributed by atoms with Gasteiger partial charge in [0.15, 0.2) is 0 Å². The van der Waals surface area contributed by atoms with Crippen molar-refractivity contribution < 1.29 is 0 Å². The highest BCUT2D eigenvalue weighted by molar-refractivity contribution is 5.97. The molecule has 0 aromatic heterocycles. The van der Waals surface area contributed by atoms with Crippen molar-refractivity contribution in [1.82, 2.24) is 0 Å². The predicted molar refractivity (Wildman–Crippen MR) is 36.3 cm³/mol. The number of hydrogen-bond acceptors (Lipinski definition) is 1. The van der Waals surface area contributed by atoms with E-state index in [1.54, 1.807) is 0 Å². The van der Waals surface area contributed by atoms with Gasteiger partial charge < -0.3 is 0 Å². The van der Waals surface area contributed by atoms with E-state index in [0.717, 1.165) is 5.92 Å². The lowest BCUT2D eigenvalue weighted by molar-refractivity contribution is 1.18. The second kappa shape index (κ2) is 2.12. The Morgan fingerprint density at radius 2 is 2.38 bits per heavy atom. The topological polar surface area (TPSA) is 12.4 Å². The van der Waals surface area contributed by atoms with Crippen LogP contribution < -0.4 is 0 Å². The molecule has 1 rings (SSSR count). The zero-order valence-corrected chi connectivity index (χ0v) is 5.22. The number of aliphatic imine (C=N–C) groups is 1. The Balaban J connectivity index is 2.49. The molecule has 0 unspecified atom stereocenters. The van der Waals surface area contributed by atoms with Crippen LogP contribution in [-0.4, -0.2) is 12.8 Å². The van der Waals surface area contributed by atoms with Crippen LogP contribution >= 0.6 is 0 Å². The number of nitrogens with zero attached hydrogens (tertiary/aromatic N) is 1. The summed E-state index contributed by atoms with van der Waals surface area (Å²) in [5.41, 5.74) is 1.19. The van der Waals surface area contributed by atoms with Gasteiger partial charge in [0, 0.05) is 18.7 Å². The molecule has 0 aromatic rings. The molecule has 0 amide bonds. The average Bonchev–Trinajstić information content (AvgIpc) is 2.53. The van der Waals surface area contributed by atoms with Crippen molar-refractivity contribution in [2.24, 2.45) is 10.9 Å². The summed E-state index contributed by atoms with van der Waals surface area (Å²) in [4.78, 5) is 4.07. The molecule has 1 fully saturated rings. The van der Waals surface area contributed by atoms with Crippen LogP contribution in [0.5, 0.6) is 0 Å². The highest BCUT2D eigenvalue weighted by atomic mass is 14.7. The van der Waals surface area contributed by atoms with Gasteiger partial charge in [-0.2, -0.15) is 0 Å². The van der Waals surface area contributed by atoms with Crippen molar-refractivity contribution in [1.29, 1.82) is 0 Å². The standard InChI is InChI=1S/C7H11N/c1-3-7(8-2)6-4-5-6/h3,6H,1,4-5H2,2H3. The highest BCUT2D eigenvalue weighted by Crippen LogP contribution is 2.30. The summed E-state index contributed by atoms with van der Waals surface area (Å²) in [5, 5.41) is 0. The number of hydrogen-bond donors (Lipinski definition) is 0. The molecule has 1 nitrogen and oxygen atoms in total. The molecule has 0 saturated heterocycles. The summed E-state index contributed by atoms with van der Waals surface area (Å²) < 4.78 is 0. The predicted octanol–water partition coefficient (Wildman–Crippen LogP) is 1.65. The minimum absolute atomic E-state index is 0.762. The van der Waals surface area contributed by atoms with Gasteiger partial charge in [0.1, 0.15) is 0 Å². The SMILES string of the molecule is C=CC(=NC)C1CC1. The normalized spacial score (nSPS) is 20.9. The molecule has 0 radical (unpaired) electrons. The molecule has 1 saturated carbocycles. The van der Waals surface area contributed by atoms with E-state index in [1.807, 2.05) is 13.1 Å². The van der Waals surface area contributed by atoms with Gasteiger partial charge in [0.2, 0.25) is 0 Å². The fraction of sp³-hybridized carbons (Fsp3) is 0.571. The van der Waals surface area contributed by atoms with Gasteiger partial charge in [-0.3, -0.25) is 4.99 Å². The zero-order valence-electron chi connectivity index (χ0n) is 5.22. The van der Waals surface area contributed by atoms with Crippen LogP contribution in [0.2, 0.25) is 0 Å². The molecule has 1 heteroatoms. The average molecular weight is 109 g/mol. The summed E-state index contributed by atoms with van der Waals surface area (Å²) in [5.74, 6) is 0.762. The maximum Gasteiger partial charge on any atom is 0.0369 e. The molecular weight excluding hydrogens is 98.1 g/mol. The summed E-state index contributed by atoms with van der Waals surface area (Å²) in [6.07, 6.45) is 4.50. The Bertz CT molecular complexity index is 120. The lowest BCUT2D eigenvalue weighted by Gasteiger charge is -1.90. The molecule has 0 heterocycles. The van der Waals surface area contributed by atoms with Crippen LogP contribution in [-0.2, 0) is 0 Å². The van der Waals surface area contributed by atoms with Crippen LogP contribution in [0.1, 0.15) is 12.8 Å². The Morgan fingerprint density at radius 1 is 1.75 bits per heavy atom. The lowest BCUT2D eigenvalue weighted by atomic mass is 10.2. The molecule has 8 heavy (non-hydrogen) atoms. The van der Waals surface area contributed by atoms with Gasteiger partial charge in [-0.05, 0) is 18.9 Å². The second-order valence-electron chi connectivity index (χ2n) is 2.13. The van der Waals surface area contributed by atoms with E-state index >= 15 is 0 Å². The van der Waals surface area contributed by atoms with Gasteiger partial charge in [0.25, 0.3) is 0 Å². The first kappa shape index (κ1) is 5.54. The Labute approximate surface area is 50.1 Å². The van der Waals surface area contributed by atoms with Crippen molar-refractivity contribution in [3.63, 3.8) is 0 Å². The third kappa shape index (κ3) is 0.971. The van der Waals surface area contributed by atoms with Gasteiger partial charge in [-0.25, -0.2) is 0 Å². The summed E-state index contributed by atoms with van der Waals surface area (Å²) >= 11 is 0. The molecule has 0 bridgehead atoms. The molecule has 44 valence electrons. The van der Waals surface area contributed by atoms with Crippen molar-refractivity contribution in [3.05, 3.63) is 12.7 Å². The summed E-state index contributed by atoms with van der Waals surface area (Å²) in [6, 6.07) is 0. The lowest BCUT2D eigenvalue weighted by Crippen LogP contribution is -1.93. The molecule has 1 aliphatic rings. The van der Waals surface area contributed by atoms with Gasteiger partial charge in [-0.1, -0.05) is 6.58 Å². The van der Waals surface area contributed by atoms with E-state index in [0.29, 0.717) is 0 Å². The minimum atomic E-state index is 0.762. The molecule has 0 aliphatic heterocycles. The first-order valence-electron chi connectivity index (χ1n) is 2.97. The molecular formula is C7H11N. The fourth-order valence-corrected chi connectivity index (χ4v) is 0.820. The second-order valence-corrected chi connectivity index (χ2v) is 2.13. The number of rotatable bonds is 2. The fourth-order valence-electron chi connectivity index (χ4n) is 0.820. The molecule has 0 spiro atoms. The first-order chi connectivity index (χ1) is 3.88. The van der Waals surface area contributed by atoms with Crippen LogP contribution in [0, 0.1) is 5.92 Å². The summed E-state index contributed by atoms with van der Waals surface area (Å²) in [6.45, 7) is 3.66. The number of allylic oxidation sites excluding steroid dienone is 1. The molecule has 0 atom stereocenters.